The number of carbonyl (C=O) groups is 2. The van der Waals surface area contributed by atoms with Gasteiger partial charge in [-0.2, -0.15) is 0 Å². The first-order valence-corrected chi connectivity index (χ1v) is 9.85. The van der Waals surface area contributed by atoms with Crippen molar-refractivity contribution in [3.63, 3.8) is 0 Å². The molecule has 1 aromatic rings. The Morgan fingerprint density at radius 1 is 1.31 bits per heavy atom. The third-order valence-electron chi connectivity index (χ3n) is 4.67. The maximum absolute atomic E-state index is 13.1. The van der Waals surface area contributed by atoms with Gasteiger partial charge in [0.2, 0.25) is 0 Å². The highest BCUT2D eigenvalue weighted by Crippen LogP contribution is 2.24. The first-order chi connectivity index (χ1) is 12.5. The fourth-order valence-corrected chi connectivity index (χ4v) is 3.71. The Labute approximate surface area is 165 Å². The molecule has 1 aliphatic heterocycles. The van der Waals surface area contributed by atoms with E-state index in [9.17, 15) is 9.59 Å². The summed E-state index contributed by atoms with van der Waals surface area (Å²) in [6, 6.07) is 5.15. The van der Waals surface area contributed by atoms with Crippen LogP contribution in [0.15, 0.2) is 18.2 Å². The lowest BCUT2D eigenvalue weighted by Crippen LogP contribution is -2.44. The molecular weight excluding hydrogens is 375 g/mol. The van der Waals surface area contributed by atoms with Gasteiger partial charge in [-0.25, -0.2) is 0 Å². The Hall–Kier alpha value is -1.30. The Kier molecular flexibility index (Phi) is 8.19. The van der Waals surface area contributed by atoms with E-state index in [-0.39, 0.29) is 18.3 Å². The number of benzene rings is 1. The quantitative estimate of drug-likeness (QED) is 0.621. The molecule has 26 heavy (non-hydrogen) atoms. The molecule has 1 amide bonds. The summed E-state index contributed by atoms with van der Waals surface area (Å²) in [7, 11) is 0. The lowest BCUT2D eigenvalue weighted by molar-refractivity contribution is -0.143. The van der Waals surface area contributed by atoms with Crippen molar-refractivity contribution in [2.24, 2.45) is 0 Å². The van der Waals surface area contributed by atoms with Crippen LogP contribution >= 0.6 is 23.2 Å². The Morgan fingerprint density at radius 3 is 2.77 bits per heavy atom. The predicted molar refractivity (Wildman–Crippen MR) is 104 cm³/mol. The molecule has 1 aliphatic rings. The van der Waals surface area contributed by atoms with Crippen LogP contribution in [0.5, 0.6) is 0 Å². The normalized spacial score (nSPS) is 17.3. The molecule has 0 spiro atoms. The van der Waals surface area contributed by atoms with E-state index in [1.165, 1.54) is 0 Å². The van der Waals surface area contributed by atoms with Gasteiger partial charge >= 0.3 is 5.97 Å². The lowest BCUT2D eigenvalue weighted by Gasteiger charge is -2.30. The standard InChI is InChI=1S/C19H26Cl2N2O3/c1-3-22-10-5-6-15(22)13-23(11-9-18(24)26-4-2)19(25)16-12-14(20)7-8-17(16)21/h7-8,12,15H,3-6,9-11,13H2,1-2H3. The van der Waals surface area contributed by atoms with Gasteiger partial charge in [-0.05, 0) is 51.1 Å². The summed E-state index contributed by atoms with van der Waals surface area (Å²) in [4.78, 5) is 28.9. The molecule has 1 fully saturated rings. The van der Waals surface area contributed by atoms with Crippen molar-refractivity contribution < 1.29 is 14.3 Å². The first-order valence-electron chi connectivity index (χ1n) is 9.10. The van der Waals surface area contributed by atoms with Gasteiger partial charge in [0.25, 0.3) is 5.91 Å². The summed E-state index contributed by atoms with van der Waals surface area (Å²) in [6.45, 7) is 7.07. The van der Waals surface area contributed by atoms with E-state index in [0.29, 0.717) is 41.3 Å². The van der Waals surface area contributed by atoms with Crippen LogP contribution in [0.4, 0.5) is 0 Å². The van der Waals surface area contributed by atoms with E-state index in [2.05, 4.69) is 11.8 Å². The Balaban J connectivity index is 2.16. The Morgan fingerprint density at radius 2 is 2.08 bits per heavy atom. The van der Waals surface area contributed by atoms with Crippen LogP contribution in [-0.2, 0) is 9.53 Å². The molecule has 1 atom stereocenters. The fourth-order valence-electron chi connectivity index (χ4n) is 3.34. The molecule has 0 N–H and O–H groups in total. The van der Waals surface area contributed by atoms with Gasteiger partial charge in [-0.1, -0.05) is 30.1 Å². The molecule has 0 saturated carbocycles. The van der Waals surface area contributed by atoms with Crippen LogP contribution in [0, 0.1) is 0 Å². The monoisotopic (exact) mass is 400 g/mol. The summed E-state index contributed by atoms with van der Waals surface area (Å²) < 4.78 is 5.00. The highest BCUT2D eigenvalue weighted by atomic mass is 35.5. The zero-order valence-electron chi connectivity index (χ0n) is 15.3. The van der Waals surface area contributed by atoms with Crippen molar-refractivity contribution in [3.05, 3.63) is 33.8 Å². The molecule has 144 valence electrons. The summed E-state index contributed by atoms with van der Waals surface area (Å²) >= 11 is 12.3. The number of amides is 1. The lowest BCUT2D eigenvalue weighted by atomic mass is 10.1. The van der Waals surface area contributed by atoms with Crippen molar-refractivity contribution in [2.75, 3.05) is 32.8 Å². The number of likely N-dealkylation sites (N-methyl/N-ethyl adjacent to an activating group) is 1. The third-order valence-corrected chi connectivity index (χ3v) is 5.24. The molecule has 0 aromatic heterocycles. The zero-order valence-corrected chi connectivity index (χ0v) is 16.9. The van der Waals surface area contributed by atoms with Crippen LogP contribution in [-0.4, -0.2) is 60.5 Å². The van der Waals surface area contributed by atoms with Crippen molar-refractivity contribution >= 4 is 35.1 Å². The minimum Gasteiger partial charge on any atom is -0.466 e. The van der Waals surface area contributed by atoms with E-state index in [0.717, 1.165) is 25.9 Å². The maximum Gasteiger partial charge on any atom is 0.307 e. The van der Waals surface area contributed by atoms with Gasteiger partial charge in [0, 0.05) is 24.2 Å². The van der Waals surface area contributed by atoms with E-state index < -0.39 is 0 Å². The number of esters is 1. The molecule has 5 nitrogen and oxygen atoms in total. The average molecular weight is 401 g/mol. The molecule has 1 heterocycles. The van der Waals surface area contributed by atoms with E-state index in [1.54, 1.807) is 30.0 Å². The average Bonchev–Trinajstić information content (AvgIpc) is 3.07. The number of ether oxygens (including phenoxy) is 1. The van der Waals surface area contributed by atoms with E-state index in [1.807, 2.05) is 0 Å². The van der Waals surface area contributed by atoms with Gasteiger partial charge in [0.1, 0.15) is 0 Å². The number of halogens is 2. The van der Waals surface area contributed by atoms with E-state index >= 15 is 0 Å². The minimum atomic E-state index is -0.304. The maximum atomic E-state index is 13.1. The number of likely N-dealkylation sites (tertiary alicyclic amines) is 1. The molecule has 0 bridgehead atoms. The van der Waals surface area contributed by atoms with Crippen molar-refractivity contribution in [3.8, 4) is 0 Å². The number of carbonyl (C=O) groups excluding carboxylic acids is 2. The summed E-state index contributed by atoms with van der Waals surface area (Å²) in [5.41, 5.74) is 0.365. The molecule has 2 rings (SSSR count). The molecule has 1 aromatic carbocycles. The molecule has 7 heteroatoms. The molecule has 0 aliphatic carbocycles. The number of hydrogen-bond acceptors (Lipinski definition) is 4. The second-order valence-corrected chi connectivity index (χ2v) is 7.20. The van der Waals surface area contributed by atoms with Crippen LogP contribution in [0.2, 0.25) is 10.0 Å². The summed E-state index contributed by atoms with van der Waals surface area (Å²) in [6.07, 6.45) is 2.33. The summed E-state index contributed by atoms with van der Waals surface area (Å²) in [5.74, 6) is -0.508. The number of nitrogens with zero attached hydrogens (tertiary/aromatic N) is 2. The van der Waals surface area contributed by atoms with Crippen LogP contribution in [0.3, 0.4) is 0 Å². The van der Waals surface area contributed by atoms with Crippen LogP contribution in [0.25, 0.3) is 0 Å². The van der Waals surface area contributed by atoms with Gasteiger partial charge in [-0.3, -0.25) is 14.5 Å². The van der Waals surface area contributed by atoms with Gasteiger partial charge in [0.15, 0.2) is 0 Å². The first kappa shape index (κ1) is 21.0. The Bertz CT molecular complexity index is 639. The second-order valence-electron chi connectivity index (χ2n) is 6.35. The number of rotatable bonds is 8. The minimum absolute atomic E-state index is 0.163. The topological polar surface area (TPSA) is 49.9 Å². The van der Waals surface area contributed by atoms with Crippen LogP contribution in [0.1, 0.15) is 43.5 Å². The number of hydrogen-bond donors (Lipinski definition) is 0. The van der Waals surface area contributed by atoms with Gasteiger partial charge in [0.05, 0.1) is 23.6 Å². The predicted octanol–water partition coefficient (Wildman–Crippen LogP) is 3.87. The molecule has 1 unspecified atom stereocenters. The van der Waals surface area contributed by atoms with E-state index in [4.69, 9.17) is 27.9 Å². The summed E-state index contributed by atoms with van der Waals surface area (Å²) in [5, 5.41) is 0.818. The SMILES string of the molecule is CCOC(=O)CCN(CC1CCCN1CC)C(=O)c1cc(Cl)ccc1Cl. The van der Waals surface area contributed by atoms with Gasteiger partial charge < -0.3 is 9.64 Å². The van der Waals surface area contributed by atoms with Gasteiger partial charge in [-0.15, -0.1) is 0 Å². The van der Waals surface area contributed by atoms with Crippen molar-refractivity contribution in [1.29, 1.82) is 0 Å². The molecular formula is C19H26Cl2N2O3. The third kappa shape index (κ3) is 5.60. The smallest absolute Gasteiger partial charge is 0.307 e. The molecule has 1 saturated heterocycles. The van der Waals surface area contributed by atoms with Crippen molar-refractivity contribution in [1.82, 2.24) is 9.80 Å². The van der Waals surface area contributed by atoms with Crippen molar-refractivity contribution in [2.45, 2.75) is 39.2 Å². The highest BCUT2D eigenvalue weighted by Gasteiger charge is 2.28. The largest absolute Gasteiger partial charge is 0.466 e. The highest BCUT2D eigenvalue weighted by molar-refractivity contribution is 6.35. The zero-order chi connectivity index (χ0) is 19.1. The van der Waals surface area contributed by atoms with Crippen LogP contribution < -0.4 is 0 Å². The second kappa shape index (κ2) is 10.1. The molecule has 0 radical (unpaired) electrons. The fraction of sp³-hybridized carbons (Fsp3) is 0.579.